The molecule has 126 heavy (non-hydrogen) atoms. The van der Waals surface area contributed by atoms with Crippen LogP contribution in [0.2, 0.25) is 0 Å². The number of anilines is 6. The normalized spacial score (nSPS) is 13.0. The third-order valence-electron chi connectivity index (χ3n) is 27.1. The molecule has 20 aromatic carbocycles. The Morgan fingerprint density at radius 3 is 0.794 bits per heavy atom. The monoisotopic (exact) mass is 1600 g/mol. The predicted molar refractivity (Wildman–Crippen MR) is 518 cm³/mol. The summed E-state index contributed by atoms with van der Waals surface area (Å²) in [5, 5.41) is 0. The molecule has 0 N–H and O–H groups in total. The highest BCUT2D eigenvalue weighted by Gasteiger charge is 2.53. The summed E-state index contributed by atoms with van der Waals surface area (Å²) < 4.78 is 14.5. The topological polar surface area (TPSA) is 24.9 Å². The van der Waals surface area contributed by atoms with Crippen molar-refractivity contribution in [3.05, 3.63) is 518 Å². The van der Waals surface area contributed by atoms with Crippen LogP contribution < -0.4 is 19.3 Å². The molecule has 0 unspecified atom stereocenters. The molecule has 0 radical (unpaired) electrons. The zero-order chi connectivity index (χ0) is 83.0. The van der Waals surface area contributed by atoms with Gasteiger partial charge in [-0.05, 0) is 194 Å². The van der Waals surface area contributed by atoms with E-state index >= 15 is 0 Å². The molecule has 4 aliphatic carbocycles. The molecule has 2 spiro atoms. The van der Waals surface area contributed by atoms with Gasteiger partial charge in [0.25, 0.3) is 0 Å². The molecule has 588 valence electrons. The molecule has 4 nitrogen and oxygen atoms in total. The van der Waals surface area contributed by atoms with Crippen molar-refractivity contribution in [2.45, 2.75) is 10.8 Å². The molecule has 0 saturated heterocycles. The van der Waals surface area contributed by atoms with Crippen molar-refractivity contribution in [1.29, 1.82) is 0 Å². The number of hydrogen-bond acceptors (Lipinski definition) is 4. The van der Waals surface area contributed by atoms with E-state index in [2.05, 4.69) is 483 Å². The Bertz CT molecular complexity index is 7680. The van der Waals surface area contributed by atoms with E-state index in [0.29, 0.717) is 0 Å². The van der Waals surface area contributed by atoms with Crippen LogP contribution in [0.5, 0.6) is 23.0 Å². The Balaban J connectivity index is 0.000000137. The Kier molecular flexibility index (Phi) is 16.8. The standard InChI is InChI=1S/2C61H39NO/c1-2-20-40(21-3-1)41-22-11-16-36-55(41)62(57-38-18-31-49-45-26-7-6-25-44(45)48-29-12-17-39-58(48)63-60(49)57)56-37-19-35-54-59(56)50-30-10-15-34-53(50)61(54)51-32-13-8-27-46(51)42-23-4-5-24-43(42)47-28-9-14-33-52(47)61;1-2-18-40(19-3-1)41-36-38-42(39-37-41)62(57-34-16-28-50-46-23-7-6-22-45(46)49-26-11-15-35-58(49)63-60(50)57)56-33-17-32-55-59(56)51-27-10-14-31-54(51)61(55)52-29-12-8-24-47(52)43-20-4-5-21-44(43)48-25-9-13-30-53(48)61/h2*1-39H. The summed E-state index contributed by atoms with van der Waals surface area (Å²) >= 11 is 0. The molecular weight excluding hydrogens is 1530 g/mol. The first-order chi connectivity index (χ1) is 62.6. The van der Waals surface area contributed by atoms with Crippen LogP contribution in [0.4, 0.5) is 34.1 Å². The highest BCUT2D eigenvalue weighted by molar-refractivity contribution is 6.08. The van der Waals surface area contributed by atoms with E-state index in [1.54, 1.807) is 0 Å². The summed E-state index contributed by atoms with van der Waals surface area (Å²) in [6.07, 6.45) is 0. The van der Waals surface area contributed by atoms with Crippen molar-refractivity contribution in [2.24, 2.45) is 0 Å². The van der Waals surface area contributed by atoms with Gasteiger partial charge in [-0.25, -0.2) is 0 Å². The largest absolute Gasteiger partial charge is 0.454 e. The van der Waals surface area contributed by atoms with E-state index < -0.39 is 10.8 Å². The summed E-state index contributed by atoms with van der Waals surface area (Å²) in [5.41, 5.74) is 43.6. The van der Waals surface area contributed by atoms with Crippen LogP contribution >= 0.6 is 0 Å². The second-order valence-electron chi connectivity index (χ2n) is 33.3. The number of para-hydroxylation sites is 5. The van der Waals surface area contributed by atoms with Crippen molar-refractivity contribution in [3.63, 3.8) is 0 Å². The lowest BCUT2D eigenvalue weighted by molar-refractivity contribution is 0.488. The summed E-state index contributed by atoms with van der Waals surface area (Å²) in [5.74, 6) is 3.31. The number of rotatable bonds is 8. The van der Waals surface area contributed by atoms with E-state index in [1.807, 2.05) is 0 Å². The minimum absolute atomic E-state index is 0.612. The van der Waals surface area contributed by atoms with Gasteiger partial charge < -0.3 is 19.3 Å². The molecule has 0 fully saturated rings. The minimum Gasteiger partial charge on any atom is -0.454 e. The van der Waals surface area contributed by atoms with Gasteiger partial charge in [-0.1, -0.05) is 419 Å². The lowest BCUT2D eigenvalue weighted by Crippen LogP contribution is -2.29. The van der Waals surface area contributed by atoms with Crippen LogP contribution in [-0.2, 0) is 10.8 Å². The van der Waals surface area contributed by atoms with Gasteiger partial charge in [0.1, 0.15) is 11.5 Å². The van der Waals surface area contributed by atoms with Crippen molar-refractivity contribution in [2.75, 3.05) is 9.80 Å². The van der Waals surface area contributed by atoms with Crippen molar-refractivity contribution >= 4 is 34.1 Å². The van der Waals surface area contributed by atoms with Gasteiger partial charge in [0.2, 0.25) is 0 Å². The van der Waals surface area contributed by atoms with Crippen LogP contribution in [0.25, 0.3) is 134 Å². The predicted octanol–water partition coefficient (Wildman–Crippen LogP) is 32.5. The smallest absolute Gasteiger partial charge is 0.159 e. The minimum atomic E-state index is -0.624. The fourth-order valence-corrected chi connectivity index (χ4v) is 22.0. The first-order valence-electron chi connectivity index (χ1n) is 43.5. The van der Waals surface area contributed by atoms with Crippen molar-refractivity contribution in [3.8, 4) is 157 Å². The SMILES string of the molecule is c1ccc(-c2ccc(N(c3cccc4c3Oc3ccccc3-c3ccccc3-4)c3cccc4c3-c3ccccc3C43c4ccccc4-c4ccccc4-c4ccccc43)cc2)cc1.c1ccc(-c2ccccc2N(c2cccc3c2Oc2ccccc2-c2ccccc2-3)c2cccc3c2-c2ccccc2C32c3ccccc3-c3ccccc3-c3ccccc32)cc1. The molecule has 0 atom stereocenters. The van der Waals surface area contributed by atoms with Gasteiger partial charge >= 0.3 is 0 Å². The molecule has 2 aliphatic heterocycles. The van der Waals surface area contributed by atoms with Gasteiger partial charge in [0, 0.05) is 44.6 Å². The second kappa shape index (κ2) is 29.2. The molecule has 0 amide bonds. The fraction of sp³-hybridized carbons (Fsp3) is 0.0164. The number of nitrogens with zero attached hydrogens (tertiary/aromatic N) is 2. The second-order valence-corrected chi connectivity index (χ2v) is 33.3. The number of benzene rings is 20. The Hall–Kier alpha value is -16.4. The number of ether oxygens (including phenoxy) is 2. The maximum atomic E-state index is 7.29. The molecular formula is C122H78N2O2. The van der Waals surface area contributed by atoms with E-state index in [4.69, 9.17) is 9.47 Å². The van der Waals surface area contributed by atoms with Crippen molar-refractivity contribution < 1.29 is 9.47 Å². The van der Waals surface area contributed by atoms with Gasteiger partial charge in [-0.15, -0.1) is 0 Å². The highest BCUT2D eigenvalue weighted by Crippen LogP contribution is 2.68. The molecule has 0 aromatic heterocycles. The van der Waals surface area contributed by atoms with Crippen LogP contribution in [0.1, 0.15) is 44.5 Å². The molecule has 20 aromatic rings. The van der Waals surface area contributed by atoms with Crippen LogP contribution in [0.15, 0.2) is 473 Å². The van der Waals surface area contributed by atoms with E-state index in [0.717, 1.165) is 113 Å². The van der Waals surface area contributed by atoms with Gasteiger partial charge in [-0.3, -0.25) is 0 Å². The highest BCUT2D eigenvalue weighted by atomic mass is 16.5. The summed E-state index contributed by atoms with van der Waals surface area (Å²) in [4.78, 5) is 4.93. The Labute approximate surface area is 733 Å². The number of fused-ring (bicyclic) bond motifs is 34. The van der Waals surface area contributed by atoms with E-state index in [-0.39, 0.29) is 0 Å². The first kappa shape index (κ1) is 72.4. The molecule has 2 heterocycles. The Morgan fingerprint density at radius 1 is 0.143 bits per heavy atom. The maximum Gasteiger partial charge on any atom is 0.159 e. The lowest BCUT2D eigenvalue weighted by Gasteiger charge is -2.36. The quantitative estimate of drug-likeness (QED) is 0.151. The van der Waals surface area contributed by atoms with Gasteiger partial charge in [-0.2, -0.15) is 0 Å². The van der Waals surface area contributed by atoms with Crippen LogP contribution in [-0.4, -0.2) is 0 Å². The average Bonchev–Trinajstić information content (AvgIpc) is 1.52. The molecule has 0 bridgehead atoms. The van der Waals surface area contributed by atoms with Crippen LogP contribution in [0, 0.1) is 0 Å². The molecule has 26 rings (SSSR count). The summed E-state index contributed by atoms with van der Waals surface area (Å²) in [6.45, 7) is 0. The summed E-state index contributed by atoms with van der Waals surface area (Å²) in [7, 11) is 0. The zero-order valence-corrected chi connectivity index (χ0v) is 68.7. The molecule has 4 heteroatoms. The average molecular weight is 1600 g/mol. The maximum absolute atomic E-state index is 7.29. The fourth-order valence-electron chi connectivity index (χ4n) is 22.0. The third-order valence-corrected chi connectivity index (χ3v) is 27.1. The number of hydrogen-bond donors (Lipinski definition) is 0. The zero-order valence-electron chi connectivity index (χ0n) is 68.7. The van der Waals surface area contributed by atoms with E-state index in [9.17, 15) is 0 Å². The van der Waals surface area contributed by atoms with Crippen LogP contribution in [0.3, 0.4) is 0 Å². The van der Waals surface area contributed by atoms with Gasteiger partial charge in [0.05, 0.1) is 39.3 Å². The summed E-state index contributed by atoms with van der Waals surface area (Å²) in [6, 6.07) is 173. The first-order valence-corrected chi connectivity index (χ1v) is 43.5. The molecule has 6 aliphatic rings. The third kappa shape index (κ3) is 10.8. The Morgan fingerprint density at radius 2 is 0.389 bits per heavy atom. The van der Waals surface area contributed by atoms with Crippen molar-refractivity contribution in [1.82, 2.24) is 0 Å². The lowest BCUT2D eigenvalue weighted by atomic mass is 9.66. The molecule has 0 saturated carbocycles. The van der Waals surface area contributed by atoms with Gasteiger partial charge in [0.15, 0.2) is 11.5 Å². The van der Waals surface area contributed by atoms with E-state index in [1.165, 1.54) is 122 Å².